The van der Waals surface area contributed by atoms with E-state index in [0.29, 0.717) is 28.1 Å². The number of carbonyl (C=O) groups is 1. The maximum atomic E-state index is 11.3. The SMILES string of the molecule is CCOC(=O)Cc1cc(OC)cc(Br)c1N. The van der Waals surface area contributed by atoms with Crippen LogP contribution in [0.3, 0.4) is 0 Å². The van der Waals surface area contributed by atoms with Gasteiger partial charge in [0.15, 0.2) is 0 Å². The Labute approximate surface area is 103 Å². The molecule has 0 bridgehead atoms. The lowest BCUT2D eigenvalue weighted by Crippen LogP contribution is -2.09. The van der Waals surface area contributed by atoms with E-state index in [1.807, 2.05) is 0 Å². The molecule has 16 heavy (non-hydrogen) atoms. The van der Waals surface area contributed by atoms with Crippen LogP contribution in [-0.2, 0) is 16.0 Å². The summed E-state index contributed by atoms with van der Waals surface area (Å²) in [7, 11) is 1.56. The van der Waals surface area contributed by atoms with Crippen molar-refractivity contribution in [2.75, 3.05) is 19.5 Å². The second kappa shape index (κ2) is 5.75. The summed E-state index contributed by atoms with van der Waals surface area (Å²) in [5.41, 5.74) is 7.08. The standard InChI is InChI=1S/C11H14BrNO3/c1-3-16-10(14)5-7-4-8(15-2)6-9(12)11(7)13/h4,6H,3,5,13H2,1-2H3. The molecular formula is C11H14BrNO3. The molecular weight excluding hydrogens is 274 g/mol. The predicted molar refractivity (Wildman–Crippen MR) is 65.4 cm³/mol. The number of anilines is 1. The number of carbonyl (C=O) groups excluding carboxylic acids is 1. The number of ether oxygens (including phenoxy) is 2. The van der Waals surface area contributed by atoms with Crippen LogP contribution in [0.2, 0.25) is 0 Å². The van der Waals surface area contributed by atoms with Crippen molar-refractivity contribution >= 4 is 27.6 Å². The van der Waals surface area contributed by atoms with Gasteiger partial charge in [-0.05, 0) is 40.5 Å². The quantitative estimate of drug-likeness (QED) is 0.681. The Balaban J connectivity index is 2.94. The van der Waals surface area contributed by atoms with Crippen molar-refractivity contribution in [1.29, 1.82) is 0 Å². The zero-order chi connectivity index (χ0) is 12.1. The molecule has 0 saturated carbocycles. The van der Waals surface area contributed by atoms with Crippen LogP contribution in [0.4, 0.5) is 5.69 Å². The molecule has 2 N–H and O–H groups in total. The molecule has 0 aliphatic carbocycles. The van der Waals surface area contributed by atoms with Crippen LogP contribution in [0.1, 0.15) is 12.5 Å². The molecule has 4 nitrogen and oxygen atoms in total. The largest absolute Gasteiger partial charge is 0.497 e. The fraction of sp³-hybridized carbons (Fsp3) is 0.364. The zero-order valence-corrected chi connectivity index (χ0v) is 10.8. The Morgan fingerprint density at radius 3 is 2.75 bits per heavy atom. The predicted octanol–water partition coefficient (Wildman–Crippen LogP) is 2.15. The smallest absolute Gasteiger partial charge is 0.310 e. The van der Waals surface area contributed by atoms with Gasteiger partial charge in [-0.1, -0.05) is 0 Å². The molecule has 0 saturated heterocycles. The molecule has 88 valence electrons. The summed E-state index contributed by atoms with van der Waals surface area (Å²) < 4.78 is 10.7. The van der Waals surface area contributed by atoms with Gasteiger partial charge in [-0.2, -0.15) is 0 Å². The first-order chi connectivity index (χ1) is 7.58. The van der Waals surface area contributed by atoms with Gasteiger partial charge in [0.25, 0.3) is 0 Å². The fourth-order valence-electron chi connectivity index (χ4n) is 1.28. The average molecular weight is 288 g/mol. The number of methoxy groups -OCH3 is 1. The average Bonchev–Trinajstić information content (AvgIpc) is 2.24. The van der Waals surface area contributed by atoms with Gasteiger partial charge in [0.1, 0.15) is 5.75 Å². The highest BCUT2D eigenvalue weighted by molar-refractivity contribution is 9.10. The highest BCUT2D eigenvalue weighted by Crippen LogP contribution is 2.29. The second-order valence-corrected chi connectivity index (χ2v) is 4.02. The molecule has 1 rings (SSSR count). The maximum absolute atomic E-state index is 11.3. The number of hydrogen-bond acceptors (Lipinski definition) is 4. The van der Waals surface area contributed by atoms with Crippen molar-refractivity contribution in [3.8, 4) is 5.75 Å². The summed E-state index contributed by atoms with van der Waals surface area (Å²) in [6.45, 7) is 2.13. The van der Waals surface area contributed by atoms with Gasteiger partial charge in [0.2, 0.25) is 0 Å². The molecule has 0 atom stereocenters. The van der Waals surface area contributed by atoms with Crippen molar-refractivity contribution < 1.29 is 14.3 Å². The van der Waals surface area contributed by atoms with Gasteiger partial charge in [-0.25, -0.2) is 0 Å². The Hall–Kier alpha value is -1.23. The number of halogens is 1. The minimum Gasteiger partial charge on any atom is -0.497 e. The molecule has 0 spiro atoms. The Kier molecular flexibility index (Phi) is 4.61. The summed E-state index contributed by atoms with van der Waals surface area (Å²) in [4.78, 5) is 11.3. The summed E-state index contributed by atoms with van der Waals surface area (Å²) in [6.07, 6.45) is 0.148. The van der Waals surface area contributed by atoms with Crippen LogP contribution >= 0.6 is 15.9 Å². The number of esters is 1. The first-order valence-electron chi connectivity index (χ1n) is 4.86. The number of rotatable bonds is 4. The van der Waals surface area contributed by atoms with E-state index in [1.54, 1.807) is 26.2 Å². The molecule has 1 aromatic rings. The van der Waals surface area contributed by atoms with E-state index < -0.39 is 0 Å². The van der Waals surface area contributed by atoms with Crippen LogP contribution in [-0.4, -0.2) is 19.7 Å². The lowest BCUT2D eigenvalue weighted by molar-refractivity contribution is -0.142. The minimum atomic E-state index is -0.297. The molecule has 1 aromatic carbocycles. The van der Waals surface area contributed by atoms with Crippen molar-refractivity contribution in [3.63, 3.8) is 0 Å². The number of nitrogens with two attached hydrogens (primary N) is 1. The van der Waals surface area contributed by atoms with Crippen molar-refractivity contribution in [3.05, 3.63) is 22.2 Å². The van der Waals surface area contributed by atoms with Crippen LogP contribution in [0.15, 0.2) is 16.6 Å². The molecule has 0 aromatic heterocycles. The second-order valence-electron chi connectivity index (χ2n) is 3.16. The van der Waals surface area contributed by atoms with Gasteiger partial charge in [-0.15, -0.1) is 0 Å². The Morgan fingerprint density at radius 1 is 1.50 bits per heavy atom. The van der Waals surface area contributed by atoms with E-state index in [0.717, 1.165) is 0 Å². The van der Waals surface area contributed by atoms with Gasteiger partial charge in [-0.3, -0.25) is 4.79 Å². The summed E-state index contributed by atoms with van der Waals surface area (Å²) in [6, 6.07) is 3.49. The third kappa shape index (κ3) is 3.13. The minimum absolute atomic E-state index is 0.148. The lowest BCUT2D eigenvalue weighted by Gasteiger charge is -2.09. The number of benzene rings is 1. The molecule has 0 aliphatic rings. The van der Waals surface area contributed by atoms with Crippen LogP contribution in [0, 0.1) is 0 Å². The topological polar surface area (TPSA) is 61.5 Å². The third-order valence-electron chi connectivity index (χ3n) is 2.06. The lowest BCUT2D eigenvalue weighted by atomic mass is 10.1. The monoisotopic (exact) mass is 287 g/mol. The van der Waals surface area contributed by atoms with Gasteiger partial charge >= 0.3 is 5.97 Å². The highest BCUT2D eigenvalue weighted by Gasteiger charge is 2.11. The highest BCUT2D eigenvalue weighted by atomic mass is 79.9. The molecule has 0 amide bonds. The Morgan fingerprint density at radius 2 is 2.19 bits per heavy atom. The summed E-state index contributed by atoms with van der Waals surface area (Å²) >= 11 is 3.31. The maximum Gasteiger partial charge on any atom is 0.310 e. The van der Waals surface area contributed by atoms with E-state index in [2.05, 4.69) is 15.9 Å². The van der Waals surface area contributed by atoms with Crippen LogP contribution < -0.4 is 10.5 Å². The molecule has 0 unspecified atom stereocenters. The molecule has 0 radical (unpaired) electrons. The van der Waals surface area contributed by atoms with Gasteiger partial charge in [0, 0.05) is 10.2 Å². The Bertz CT molecular complexity index is 393. The molecule has 5 heteroatoms. The summed E-state index contributed by atoms with van der Waals surface area (Å²) in [5, 5.41) is 0. The van der Waals surface area contributed by atoms with Gasteiger partial charge < -0.3 is 15.2 Å². The van der Waals surface area contributed by atoms with E-state index in [9.17, 15) is 4.79 Å². The normalized spacial score (nSPS) is 9.94. The molecule has 0 aliphatic heterocycles. The third-order valence-corrected chi connectivity index (χ3v) is 2.72. The zero-order valence-electron chi connectivity index (χ0n) is 9.25. The number of nitrogen functional groups attached to an aromatic ring is 1. The van der Waals surface area contributed by atoms with E-state index in [4.69, 9.17) is 15.2 Å². The van der Waals surface area contributed by atoms with Crippen molar-refractivity contribution in [2.24, 2.45) is 0 Å². The van der Waals surface area contributed by atoms with Crippen LogP contribution in [0.25, 0.3) is 0 Å². The molecule has 0 fully saturated rings. The first kappa shape index (κ1) is 12.8. The van der Waals surface area contributed by atoms with Crippen molar-refractivity contribution in [1.82, 2.24) is 0 Å². The summed E-state index contributed by atoms with van der Waals surface area (Å²) in [5.74, 6) is 0.356. The number of hydrogen-bond donors (Lipinski definition) is 1. The van der Waals surface area contributed by atoms with E-state index >= 15 is 0 Å². The van der Waals surface area contributed by atoms with E-state index in [1.165, 1.54) is 0 Å². The van der Waals surface area contributed by atoms with Crippen LogP contribution in [0.5, 0.6) is 5.75 Å². The van der Waals surface area contributed by atoms with E-state index in [-0.39, 0.29) is 12.4 Å². The fourth-order valence-corrected chi connectivity index (χ4v) is 1.76. The molecule has 0 heterocycles. The van der Waals surface area contributed by atoms with Gasteiger partial charge in [0.05, 0.1) is 20.1 Å². The van der Waals surface area contributed by atoms with Crippen molar-refractivity contribution in [2.45, 2.75) is 13.3 Å². The first-order valence-corrected chi connectivity index (χ1v) is 5.65.